The molecule has 6 nitrogen and oxygen atoms in total. The van der Waals surface area contributed by atoms with Gasteiger partial charge in [0.05, 0.1) is 0 Å². The quantitative estimate of drug-likeness (QED) is 0.805. The molecule has 1 aliphatic heterocycles. The molecule has 0 aromatic heterocycles. The van der Waals surface area contributed by atoms with E-state index < -0.39 is 11.8 Å². The van der Waals surface area contributed by atoms with Crippen LogP contribution in [0, 0.1) is 19.7 Å². The van der Waals surface area contributed by atoms with E-state index in [2.05, 4.69) is 5.32 Å². The van der Waals surface area contributed by atoms with E-state index >= 15 is 0 Å². The predicted molar refractivity (Wildman–Crippen MR) is 103 cm³/mol. The molecule has 0 radical (unpaired) electrons. The second kappa shape index (κ2) is 8.21. The van der Waals surface area contributed by atoms with Crippen LogP contribution in [0.2, 0.25) is 0 Å². The van der Waals surface area contributed by atoms with Gasteiger partial charge in [0, 0.05) is 25.3 Å². The lowest BCUT2D eigenvalue weighted by Gasteiger charge is -2.33. The fourth-order valence-corrected chi connectivity index (χ4v) is 3.25. The number of nitrogens with one attached hydrogen (secondary N) is 1. The van der Waals surface area contributed by atoms with Crippen molar-refractivity contribution in [1.29, 1.82) is 0 Å². The minimum absolute atomic E-state index is 0.179. The smallest absolute Gasteiger partial charge is 0.312 e. The van der Waals surface area contributed by atoms with Crippen molar-refractivity contribution < 1.29 is 18.8 Å². The SMILES string of the molecule is Cc1cc(C)cc(NC(=O)CN2CCN(Cc3ccc(F)cc3)C(=O)C2=O)c1. The van der Waals surface area contributed by atoms with Crippen molar-refractivity contribution >= 4 is 23.4 Å². The Morgan fingerprint density at radius 1 is 0.964 bits per heavy atom. The van der Waals surface area contributed by atoms with E-state index in [1.807, 2.05) is 32.0 Å². The van der Waals surface area contributed by atoms with Crippen molar-refractivity contribution in [2.45, 2.75) is 20.4 Å². The van der Waals surface area contributed by atoms with E-state index in [4.69, 9.17) is 0 Å². The number of piperazine rings is 1. The zero-order valence-electron chi connectivity index (χ0n) is 15.9. The fourth-order valence-electron chi connectivity index (χ4n) is 3.25. The first-order valence-corrected chi connectivity index (χ1v) is 9.02. The molecular formula is C21H22FN3O3. The van der Waals surface area contributed by atoms with Crippen LogP contribution in [0.3, 0.4) is 0 Å². The highest BCUT2D eigenvalue weighted by atomic mass is 19.1. The Balaban J connectivity index is 1.58. The maximum atomic E-state index is 13.0. The lowest BCUT2D eigenvalue weighted by atomic mass is 10.1. The zero-order chi connectivity index (χ0) is 20.3. The van der Waals surface area contributed by atoms with Gasteiger partial charge in [0.2, 0.25) is 5.91 Å². The number of amides is 3. The summed E-state index contributed by atoms with van der Waals surface area (Å²) in [5, 5.41) is 2.77. The van der Waals surface area contributed by atoms with Crippen LogP contribution in [-0.4, -0.2) is 47.2 Å². The minimum atomic E-state index is -0.705. The second-order valence-electron chi connectivity index (χ2n) is 7.00. The van der Waals surface area contributed by atoms with Gasteiger partial charge in [-0.05, 0) is 54.8 Å². The number of nitrogens with zero attached hydrogens (tertiary/aromatic N) is 2. The molecule has 0 bridgehead atoms. The summed E-state index contributed by atoms with van der Waals surface area (Å²) >= 11 is 0. The maximum absolute atomic E-state index is 13.0. The molecule has 0 aliphatic carbocycles. The maximum Gasteiger partial charge on any atom is 0.312 e. The Hall–Kier alpha value is -3.22. The standard InChI is InChI=1S/C21H22FN3O3/c1-14-9-15(2)11-18(10-14)23-19(26)13-25-8-7-24(20(27)21(25)28)12-16-3-5-17(22)6-4-16/h3-6,9-11H,7-8,12-13H2,1-2H3,(H,23,26). The molecule has 1 heterocycles. The number of carbonyl (C=O) groups is 3. The Morgan fingerprint density at radius 3 is 2.18 bits per heavy atom. The van der Waals surface area contributed by atoms with Crippen LogP contribution in [0.25, 0.3) is 0 Å². The lowest BCUT2D eigenvalue weighted by molar-refractivity contribution is -0.157. The first-order valence-electron chi connectivity index (χ1n) is 9.02. The molecule has 1 N–H and O–H groups in total. The van der Waals surface area contributed by atoms with E-state index in [-0.39, 0.29) is 31.4 Å². The average Bonchev–Trinajstić information content (AvgIpc) is 2.62. The molecule has 3 rings (SSSR count). The number of anilines is 1. The summed E-state index contributed by atoms with van der Waals surface area (Å²) in [6.07, 6.45) is 0. The number of benzene rings is 2. The van der Waals surface area contributed by atoms with Gasteiger partial charge in [-0.15, -0.1) is 0 Å². The molecule has 1 saturated heterocycles. The summed E-state index contributed by atoms with van der Waals surface area (Å²) in [5.41, 5.74) is 3.45. The van der Waals surface area contributed by atoms with Gasteiger partial charge in [-0.25, -0.2) is 4.39 Å². The number of aryl methyl sites for hydroxylation is 2. The molecule has 1 aliphatic rings. The summed E-state index contributed by atoms with van der Waals surface area (Å²) in [4.78, 5) is 39.7. The molecular weight excluding hydrogens is 361 g/mol. The largest absolute Gasteiger partial charge is 0.328 e. The molecule has 0 saturated carbocycles. The fraction of sp³-hybridized carbons (Fsp3) is 0.286. The summed E-state index contributed by atoms with van der Waals surface area (Å²) in [7, 11) is 0. The molecule has 2 aromatic rings. The molecule has 0 atom stereocenters. The zero-order valence-corrected chi connectivity index (χ0v) is 15.9. The molecule has 0 spiro atoms. The Kier molecular flexibility index (Phi) is 5.73. The molecule has 7 heteroatoms. The molecule has 2 aromatic carbocycles. The van der Waals surface area contributed by atoms with E-state index in [0.29, 0.717) is 12.2 Å². The van der Waals surface area contributed by atoms with Crippen LogP contribution in [0.15, 0.2) is 42.5 Å². The van der Waals surface area contributed by atoms with Crippen LogP contribution >= 0.6 is 0 Å². The van der Waals surface area contributed by atoms with Crippen LogP contribution in [0.4, 0.5) is 10.1 Å². The average molecular weight is 383 g/mol. The van der Waals surface area contributed by atoms with Crippen molar-refractivity contribution in [3.05, 3.63) is 65.0 Å². The topological polar surface area (TPSA) is 69.7 Å². The summed E-state index contributed by atoms with van der Waals surface area (Å²) in [5.74, 6) is -2.07. The normalized spacial score (nSPS) is 14.4. The van der Waals surface area contributed by atoms with Crippen LogP contribution in [0.1, 0.15) is 16.7 Å². The molecule has 28 heavy (non-hydrogen) atoms. The van der Waals surface area contributed by atoms with Gasteiger partial charge >= 0.3 is 11.8 Å². The summed E-state index contributed by atoms with van der Waals surface area (Å²) in [6.45, 7) is 4.51. The Morgan fingerprint density at radius 2 is 1.54 bits per heavy atom. The number of hydrogen-bond donors (Lipinski definition) is 1. The van der Waals surface area contributed by atoms with Crippen molar-refractivity contribution in [2.24, 2.45) is 0 Å². The first kappa shape index (κ1) is 19.5. The summed E-state index contributed by atoms with van der Waals surface area (Å²) in [6, 6.07) is 11.5. The van der Waals surface area contributed by atoms with Crippen molar-refractivity contribution in [3.8, 4) is 0 Å². The predicted octanol–water partition coefficient (Wildman–Crippen LogP) is 2.25. The third-order valence-electron chi connectivity index (χ3n) is 4.52. The van der Waals surface area contributed by atoms with Gasteiger partial charge in [-0.2, -0.15) is 0 Å². The Bertz CT molecular complexity index is 891. The van der Waals surface area contributed by atoms with E-state index in [9.17, 15) is 18.8 Å². The number of halogens is 1. The van der Waals surface area contributed by atoms with E-state index in [1.54, 1.807) is 12.1 Å². The molecule has 1 fully saturated rings. The Labute approximate surface area is 162 Å². The first-order chi connectivity index (χ1) is 13.3. The van der Waals surface area contributed by atoms with Gasteiger partial charge in [0.15, 0.2) is 0 Å². The van der Waals surface area contributed by atoms with Gasteiger partial charge in [-0.1, -0.05) is 18.2 Å². The van der Waals surface area contributed by atoms with E-state index in [0.717, 1.165) is 16.7 Å². The number of carbonyl (C=O) groups excluding carboxylic acids is 3. The minimum Gasteiger partial charge on any atom is -0.328 e. The highest BCUT2D eigenvalue weighted by molar-refractivity contribution is 6.35. The number of rotatable bonds is 5. The second-order valence-corrected chi connectivity index (χ2v) is 7.00. The lowest BCUT2D eigenvalue weighted by Crippen LogP contribution is -2.55. The molecule has 3 amide bonds. The number of hydrogen-bond acceptors (Lipinski definition) is 3. The van der Waals surface area contributed by atoms with Gasteiger partial charge < -0.3 is 15.1 Å². The third-order valence-corrected chi connectivity index (χ3v) is 4.52. The van der Waals surface area contributed by atoms with Crippen molar-refractivity contribution in [3.63, 3.8) is 0 Å². The van der Waals surface area contributed by atoms with Gasteiger partial charge in [0.25, 0.3) is 0 Å². The highest BCUT2D eigenvalue weighted by Crippen LogP contribution is 2.15. The van der Waals surface area contributed by atoms with Crippen LogP contribution in [0.5, 0.6) is 0 Å². The monoisotopic (exact) mass is 383 g/mol. The van der Waals surface area contributed by atoms with Crippen molar-refractivity contribution in [2.75, 3.05) is 25.0 Å². The van der Waals surface area contributed by atoms with Gasteiger partial charge in [-0.3, -0.25) is 14.4 Å². The van der Waals surface area contributed by atoms with E-state index in [1.165, 1.54) is 21.9 Å². The highest BCUT2D eigenvalue weighted by Gasteiger charge is 2.33. The molecule has 146 valence electrons. The van der Waals surface area contributed by atoms with Crippen LogP contribution < -0.4 is 5.32 Å². The molecule has 0 unspecified atom stereocenters. The third kappa shape index (κ3) is 4.73. The van der Waals surface area contributed by atoms with Gasteiger partial charge in [0.1, 0.15) is 12.4 Å². The van der Waals surface area contributed by atoms with Crippen molar-refractivity contribution in [1.82, 2.24) is 9.80 Å². The van der Waals surface area contributed by atoms with Crippen LogP contribution in [-0.2, 0) is 20.9 Å². The summed E-state index contributed by atoms with van der Waals surface area (Å²) < 4.78 is 13.0.